The summed E-state index contributed by atoms with van der Waals surface area (Å²) in [5.74, 6) is -0.272. The van der Waals surface area contributed by atoms with Gasteiger partial charge in [-0.15, -0.1) is 0 Å². The fourth-order valence-corrected chi connectivity index (χ4v) is 2.00. The van der Waals surface area contributed by atoms with Gasteiger partial charge in [0.2, 0.25) is 11.8 Å². The lowest BCUT2D eigenvalue weighted by molar-refractivity contribution is -0.384. The van der Waals surface area contributed by atoms with E-state index in [4.69, 9.17) is 0 Å². The number of nitrogens with zero attached hydrogens (tertiary/aromatic N) is 2. The van der Waals surface area contributed by atoms with Crippen molar-refractivity contribution < 1.29 is 14.5 Å². The first-order chi connectivity index (χ1) is 10.1. The van der Waals surface area contributed by atoms with Crippen molar-refractivity contribution in [3.63, 3.8) is 0 Å². The molecular weight excluding hydrogens is 274 g/mol. The lowest BCUT2D eigenvalue weighted by atomic mass is 10.2. The Morgan fingerprint density at radius 1 is 1.38 bits per heavy atom. The van der Waals surface area contributed by atoms with Gasteiger partial charge in [-0.1, -0.05) is 12.1 Å². The summed E-state index contributed by atoms with van der Waals surface area (Å²) in [6.07, 6.45) is 3.20. The second-order valence-corrected chi connectivity index (χ2v) is 4.61. The molecule has 0 radical (unpaired) electrons. The molecule has 1 aliphatic rings. The van der Waals surface area contributed by atoms with Crippen LogP contribution in [0.2, 0.25) is 0 Å². The van der Waals surface area contributed by atoms with Gasteiger partial charge in [0.05, 0.1) is 4.92 Å². The van der Waals surface area contributed by atoms with Crippen LogP contribution in [0.3, 0.4) is 0 Å². The number of rotatable bonds is 3. The number of carbonyl (C=O) groups excluding carboxylic acids is 2. The fourth-order valence-electron chi connectivity index (χ4n) is 2.00. The van der Waals surface area contributed by atoms with Gasteiger partial charge in [0, 0.05) is 44.3 Å². The van der Waals surface area contributed by atoms with Crippen LogP contribution in [0.1, 0.15) is 12.0 Å². The third kappa shape index (κ3) is 4.13. The van der Waals surface area contributed by atoms with Crippen molar-refractivity contribution in [2.24, 2.45) is 0 Å². The van der Waals surface area contributed by atoms with E-state index in [1.165, 1.54) is 24.3 Å². The predicted octanol–water partition coefficient (Wildman–Crippen LogP) is 0.957. The molecule has 7 heteroatoms. The molecule has 1 fully saturated rings. The molecule has 1 aliphatic heterocycles. The second kappa shape index (κ2) is 6.65. The van der Waals surface area contributed by atoms with E-state index in [9.17, 15) is 19.7 Å². The SMILES string of the molecule is O=C1CCN(C(=O)C=Cc2cccc([N+](=O)[O-])c2)CCN1. The van der Waals surface area contributed by atoms with Crippen molar-refractivity contribution in [2.45, 2.75) is 6.42 Å². The molecule has 0 bridgehead atoms. The number of benzene rings is 1. The lowest BCUT2D eigenvalue weighted by Gasteiger charge is -2.17. The Morgan fingerprint density at radius 3 is 2.95 bits per heavy atom. The van der Waals surface area contributed by atoms with Crippen LogP contribution in [-0.2, 0) is 9.59 Å². The molecule has 1 N–H and O–H groups in total. The lowest BCUT2D eigenvalue weighted by Crippen LogP contribution is -2.32. The molecule has 110 valence electrons. The van der Waals surface area contributed by atoms with Crippen molar-refractivity contribution in [1.29, 1.82) is 0 Å². The maximum Gasteiger partial charge on any atom is 0.270 e. The van der Waals surface area contributed by atoms with E-state index in [2.05, 4.69) is 5.32 Å². The van der Waals surface area contributed by atoms with Crippen molar-refractivity contribution in [3.8, 4) is 0 Å². The van der Waals surface area contributed by atoms with E-state index in [0.717, 1.165) is 0 Å². The highest BCUT2D eigenvalue weighted by molar-refractivity contribution is 5.92. The number of nitro groups is 1. The van der Waals surface area contributed by atoms with E-state index in [1.54, 1.807) is 17.0 Å². The number of carbonyl (C=O) groups is 2. The molecule has 1 saturated heterocycles. The summed E-state index contributed by atoms with van der Waals surface area (Å²) in [6.45, 7) is 1.28. The minimum absolute atomic E-state index is 0.0193. The molecule has 2 amide bonds. The first kappa shape index (κ1) is 14.7. The predicted molar refractivity (Wildman–Crippen MR) is 76.3 cm³/mol. The monoisotopic (exact) mass is 289 g/mol. The Morgan fingerprint density at radius 2 is 2.19 bits per heavy atom. The molecule has 1 aromatic rings. The van der Waals surface area contributed by atoms with Crippen molar-refractivity contribution in [2.75, 3.05) is 19.6 Å². The maximum atomic E-state index is 12.0. The quantitative estimate of drug-likeness (QED) is 0.509. The third-order valence-electron chi connectivity index (χ3n) is 3.12. The van der Waals surface area contributed by atoms with Gasteiger partial charge < -0.3 is 10.2 Å². The van der Waals surface area contributed by atoms with Crippen LogP contribution < -0.4 is 5.32 Å². The third-order valence-corrected chi connectivity index (χ3v) is 3.12. The summed E-state index contributed by atoms with van der Waals surface area (Å²) < 4.78 is 0. The van der Waals surface area contributed by atoms with Gasteiger partial charge in [-0.25, -0.2) is 0 Å². The smallest absolute Gasteiger partial charge is 0.270 e. The molecule has 0 atom stereocenters. The molecular formula is C14H15N3O4. The van der Waals surface area contributed by atoms with Crippen LogP contribution >= 0.6 is 0 Å². The Labute approximate surface area is 121 Å². The number of non-ortho nitro benzene ring substituents is 1. The van der Waals surface area contributed by atoms with E-state index in [1.807, 2.05) is 0 Å². The fraction of sp³-hybridized carbons (Fsp3) is 0.286. The molecule has 0 unspecified atom stereocenters. The second-order valence-electron chi connectivity index (χ2n) is 4.61. The largest absolute Gasteiger partial charge is 0.354 e. The molecule has 7 nitrogen and oxygen atoms in total. The number of nitro benzene ring substituents is 1. The van der Waals surface area contributed by atoms with Crippen LogP contribution in [0, 0.1) is 10.1 Å². The van der Waals surface area contributed by atoms with Crippen LogP contribution in [0.5, 0.6) is 0 Å². The van der Waals surface area contributed by atoms with Crippen LogP contribution in [0.25, 0.3) is 6.08 Å². The van der Waals surface area contributed by atoms with Gasteiger partial charge in [0.15, 0.2) is 0 Å². The van der Waals surface area contributed by atoms with Gasteiger partial charge in [-0.05, 0) is 11.6 Å². The summed E-state index contributed by atoms with van der Waals surface area (Å²) in [5, 5.41) is 13.4. The standard InChI is InChI=1S/C14H15N3O4/c18-13-6-8-16(9-7-15-13)14(19)5-4-11-2-1-3-12(10-11)17(20)21/h1-5,10H,6-9H2,(H,15,18). The topological polar surface area (TPSA) is 92.5 Å². The van der Waals surface area contributed by atoms with E-state index >= 15 is 0 Å². The first-order valence-electron chi connectivity index (χ1n) is 6.54. The highest BCUT2D eigenvalue weighted by Gasteiger charge is 2.16. The molecule has 0 saturated carbocycles. The molecule has 2 rings (SSSR count). The van der Waals surface area contributed by atoms with Crippen LogP contribution in [0.4, 0.5) is 5.69 Å². The summed E-state index contributed by atoms with van der Waals surface area (Å²) in [5.41, 5.74) is 0.566. The van der Waals surface area contributed by atoms with Crippen LogP contribution in [-0.4, -0.2) is 41.3 Å². The Bertz CT molecular complexity index is 598. The molecule has 1 aromatic carbocycles. The number of hydrogen-bond acceptors (Lipinski definition) is 4. The molecule has 1 heterocycles. The van der Waals surface area contributed by atoms with Gasteiger partial charge in [-0.3, -0.25) is 19.7 Å². The summed E-state index contributed by atoms with van der Waals surface area (Å²) >= 11 is 0. The zero-order valence-electron chi connectivity index (χ0n) is 11.3. The Kier molecular flexibility index (Phi) is 4.65. The van der Waals surface area contributed by atoms with Gasteiger partial charge in [0.1, 0.15) is 0 Å². The summed E-state index contributed by atoms with van der Waals surface area (Å²) in [4.78, 5) is 35.0. The van der Waals surface area contributed by atoms with Gasteiger partial charge in [0.25, 0.3) is 5.69 Å². The number of hydrogen-bond donors (Lipinski definition) is 1. The number of amides is 2. The van der Waals surface area contributed by atoms with Crippen LogP contribution in [0.15, 0.2) is 30.3 Å². The molecule has 0 aromatic heterocycles. The highest BCUT2D eigenvalue weighted by Crippen LogP contribution is 2.14. The van der Waals surface area contributed by atoms with Gasteiger partial charge in [-0.2, -0.15) is 0 Å². The highest BCUT2D eigenvalue weighted by atomic mass is 16.6. The van der Waals surface area contributed by atoms with Crippen molar-refractivity contribution in [1.82, 2.24) is 10.2 Å². The summed E-state index contributed by atoms with van der Waals surface area (Å²) in [6, 6.07) is 6.05. The molecule has 0 aliphatic carbocycles. The minimum atomic E-state index is -0.481. The molecule has 21 heavy (non-hydrogen) atoms. The average molecular weight is 289 g/mol. The average Bonchev–Trinajstić information content (AvgIpc) is 2.70. The first-order valence-corrected chi connectivity index (χ1v) is 6.54. The summed E-state index contributed by atoms with van der Waals surface area (Å²) in [7, 11) is 0. The van der Waals surface area contributed by atoms with Gasteiger partial charge >= 0.3 is 0 Å². The zero-order valence-corrected chi connectivity index (χ0v) is 11.3. The Balaban J connectivity index is 2.03. The molecule has 0 spiro atoms. The maximum absolute atomic E-state index is 12.0. The van der Waals surface area contributed by atoms with Crippen molar-refractivity contribution >= 4 is 23.6 Å². The normalized spacial score (nSPS) is 15.6. The van der Waals surface area contributed by atoms with E-state index in [0.29, 0.717) is 25.2 Å². The zero-order chi connectivity index (χ0) is 15.2. The Hall–Kier alpha value is -2.70. The minimum Gasteiger partial charge on any atom is -0.354 e. The van der Waals surface area contributed by atoms with E-state index < -0.39 is 4.92 Å². The van der Waals surface area contributed by atoms with Crippen molar-refractivity contribution in [3.05, 3.63) is 46.0 Å². The number of nitrogens with one attached hydrogen (secondary N) is 1. The van der Waals surface area contributed by atoms with E-state index in [-0.39, 0.29) is 23.9 Å².